The summed E-state index contributed by atoms with van der Waals surface area (Å²) < 4.78 is 21.9. The van der Waals surface area contributed by atoms with Crippen molar-refractivity contribution < 1.29 is 23.4 Å². The van der Waals surface area contributed by atoms with Crippen LogP contribution in [0, 0.1) is 0 Å². The molecule has 1 aromatic heterocycles. The van der Waals surface area contributed by atoms with Crippen molar-refractivity contribution in [3.63, 3.8) is 0 Å². The minimum atomic E-state index is -0.312. The number of nitrogens with zero attached hydrogens (tertiary/aromatic N) is 1. The van der Waals surface area contributed by atoms with E-state index in [4.69, 9.17) is 18.6 Å². The first kappa shape index (κ1) is 23.1. The highest BCUT2D eigenvalue weighted by Crippen LogP contribution is 2.32. The summed E-state index contributed by atoms with van der Waals surface area (Å²) in [7, 11) is 3.20. The predicted octanol–water partition coefficient (Wildman–Crippen LogP) is 3.17. The normalized spacial score (nSPS) is 14.4. The Kier molecular flexibility index (Phi) is 7.83. The smallest absolute Gasteiger partial charge is 0.291 e. The lowest BCUT2D eigenvalue weighted by Gasteiger charge is -2.26. The van der Waals surface area contributed by atoms with Gasteiger partial charge in [0.1, 0.15) is 5.75 Å². The number of carbonyl (C=O) groups excluding carboxylic acids is 1. The highest BCUT2D eigenvalue weighted by molar-refractivity contribution is 6.05. The van der Waals surface area contributed by atoms with Gasteiger partial charge in [-0.05, 0) is 54.9 Å². The molecule has 1 saturated heterocycles. The maximum absolute atomic E-state index is 12.8. The summed E-state index contributed by atoms with van der Waals surface area (Å²) in [6.07, 6.45) is 0.822. The van der Waals surface area contributed by atoms with Gasteiger partial charge in [-0.3, -0.25) is 9.69 Å². The fraction of sp³-hybridized carbons (Fsp3) is 0.400. The van der Waals surface area contributed by atoms with Crippen molar-refractivity contribution in [2.75, 3.05) is 65.5 Å². The number of hydrogen-bond acceptors (Lipinski definition) is 7. The number of furan rings is 1. The number of carbonyl (C=O) groups is 1. The number of benzene rings is 2. The largest absolute Gasteiger partial charge is 0.497 e. The summed E-state index contributed by atoms with van der Waals surface area (Å²) in [6, 6.07) is 12.9. The number of amides is 1. The number of ether oxygens (including phenoxy) is 3. The van der Waals surface area contributed by atoms with Gasteiger partial charge >= 0.3 is 0 Å². The molecule has 33 heavy (non-hydrogen) atoms. The quantitative estimate of drug-likeness (QED) is 0.456. The highest BCUT2D eigenvalue weighted by atomic mass is 16.5. The van der Waals surface area contributed by atoms with E-state index in [-0.39, 0.29) is 11.7 Å². The molecule has 2 N–H and O–H groups in total. The molecular formula is C25H31N3O5. The van der Waals surface area contributed by atoms with E-state index in [1.165, 1.54) is 0 Å². The molecule has 8 heteroatoms. The van der Waals surface area contributed by atoms with Crippen molar-refractivity contribution >= 4 is 22.6 Å². The molecule has 2 aromatic carbocycles. The summed E-state index contributed by atoms with van der Waals surface area (Å²) >= 11 is 0. The van der Waals surface area contributed by atoms with Crippen LogP contribution >= 0.6 is 0 Å². The van der Waals surface area contributed by atoms with Gasteiger partial charge in [0.05, 0.1) is 27.4 Å². The van der Waals surface area contributed by atoms with Crippen molar-refractivity contribution in [3.8, 4) is 11.5 Å². The average Bonchev–Trinajstić information content (AvgIpc) is 3.31. The molecule has 0 spiro atoms. The van der Waals surface area contributed by atoms with Crippen LogP contribution in [0.25, 0.3) is 11.0 Å². The Balaban J connectivity index is 1.40. The zero-order valence-corrected chi connectivity index (χ0v) is 19.2. The van der Waals surface area contributed by atoms with E-state index >= 15 is 0 Å². The third-order valence-electron chi connectivity index (χ3n) is 5.81. The average molecular weight is 454 g/mol. The van der Waals surface area contributed by atoms with E-state index in [0.717, 1.165) is 69.1 Å². The molecule has 1 aliphatic heterocycles. The molecule has 1 fully saturated rings. The molecule has 0 unspecified atom stereocenters. The Labute approximate surface area is 193 Å². The second-order valence-electron chi connectivity index (χ2n) is 7.92. The first-order valence-corrected chi connectivity index (χ1v) is 11.2. The summed E-state index contributed by atoms with van der Waals surface area (Å²) in [6.45, 7) is 6.42. The fourth-order valence-corrected chi connectivity index (χ4v) is 3.92. The summed E-state index contributed by atoms with van der Waals surface area (Å²) in [5, 5.41) is 7.27. The highest BCUT2D eigenvalue weighted by Gasteiger charge is 2.18. The van der Waals surface area contributed by atoms with Crippen LogP contribution in [0.15, 0.2) is 46.9 Å². The number of morpholine rings is 1. The predicted molar refractivity (Wildman–Crippen MR) is 128 cm³/mol. The summed E-state index contributed by atoms with van der Waals surface area (Å²) in [4.78, 5) is 15.2. The number of rotatable bonds is 10. The first-order valence-electron chi connectivity index (χ1n) is 11.2. The maximum Gasteiger partial charge on any atom is 0.291 e. The molecule has 2 heterocycles. The molecule has 1 aliphatic rings. The molecule has 4 rings (SSSR count). The molecule has 0 atom stereocenters. The van der Waals surface area contributed by atoms with Crippen molar-refractivity contribution in [3.05, 3.63) is 53.8 Å². The maximum atomic E-state index is 12.8. The molecule has 0 bridgehead atoms. The van der Waals surface area contributed by atoms with Gasteiger partial charge in [0.15, 0.2) is 17.1 Å². The van der Waals surface area contributed by atoms with Gasteiger partial charge < -0.3 is 29.3 Å². The van der Waals surface area contributed by atoms with Crippen molar-refractivity contribution in [2.24, 2.45) is 0 Å². The summed E-state index contributed by atoms with van der Waals surface area (Å²) in [5.74, 6) is 1.27. The van der Waals surface area contributed by atoms with Gasteiger partial charge in [0, 0.05) is 37.3 Å². The third kappa shape index (κ3) is 5.84. The van der Waals surface area contributed by atoms with Crippen molar-refractivity contribution in [2.45, 2.75) is 6.42 Å². The molecule has 0 aliphatic carbocycles. The van der Waals surface area contributed by atoms with E-state index in [1.807, 2.05) is 12.1 Å². The van der Waals surface area contributed by atoms with Crippen LogP contribution < -0.4 is 20.1 Å². The number of fused-ring (bicyclic) bond motifs is 1. The zero-order chi connectivity index (χ0) is 23.0. The molecule has 0 saturated carbocycles. The van der Waals surface area contributed by atoms with E-state index in [0.29, 0.717) is 17.0 Å². The van der Waals surface area contributed by atoms with Crippen LogP contribution in [-0.2, 0) is 11.2 Å². The number of nitrogens with one attached hydrogen (secondary N) is 2. The van der Waals surface area contributed by atoms with Crippen LogP contribution in [0.2, 0.25) is 0 Å². The minimum absolute atomic E-state index is 0.242. The lowest BCUT2D eigenvalue weighted by molar-refractivity contribution is 0.0385. The van der Waals surface area contributed by atoms with Crippen LogP contribution in [0.4, 0.5) is 5.69 Å². The van der Waals surface area contributed by atoms with Crippen LogP contribution in [0.1, 0.15) is 16.1 Å². The number of methoxy groups -OCH3 is 2. The fourth-order valence-electron chi connectivity index (χ4n) is 3.92. The first-order chi connectivity index (χ1) is 16.2. The Morgan fingerprint density at radius 1 is 1.03 bits per heavy atom. The van der Waals surface area contributed by atoms with Crippen LogP contribution in [0.3, 0.4) is 0 Å². The van der Waals surface area contributed by atoms with Crippen molar-refractivity contribution in [1.29, 1.82) is 0 Å². The van der Waals surface area contributed by atoms with Gasteiger partial charge in [0.2, 0.25) is 0 Å². The Hall–Kier alpha value is -3.07. The molecule has 3 aromatic rings. The Bertz CT molecular complexity index is 1060. The topological polar surface area (TPSA) is 85.2 Å². The molecule has 0 radical (unpaired) electrons. The van der Waals surface area contributed by atoms with Crippen molar-refractivity contribution in [1.82, 2.24) is 10.2 Å². The van der Waals surface area contributed by atoms with E-state index in [2.05, 4.69) is 15.5 Å². The van der Waals surface area contributed by atoms with E-state index in [1.54, 1.807) is 44.6 Å². The molecular weight excluding hydrogens is 422 g/mol. The summed E-state index contributed by atoms with van der Waals surface area (Å²) in [5.41, 5.74) is 2.36. The lowest BCUT2D eigenvalue weighted by atomic mass is 10.1. The Morgan fingerprint density at radius 2 is 1.82 bits per heavy atom. The van der Waals surface area contributed by atoms with Crippen LogP contribution in [0.5, 0.6) is 11.5 Å². The molecule has 176 valence electrons. The number of hydrogen-bond donors (Lipinski definition) is 2. The van der Waals surface area contributed by atoms with E-state index in [9.17, 15) is 4.79 Å². The van der Waals surface area contributed by atoms with Gasteiger partial charge in [-0.1, -0.05) is 6.07 Å². The minimum Gasteiger partial charge on any atom is -0.497 e. The number of anilines is 1. The second-order valence-corrected chi connectivity index (χ2v) is 7.92. The monoisotopic (exact) mass is 453 g/mol. The standard InChI is InChI=1S/C25H31N3O5/c1-30-20-6-4-19(5-7-20)27-25(29)23-17-21-18(3-8-22(31-2)24(21)33-23)9-10-26-11-12-28-13-15-32-16-14-28/h3-8,17,26H,9-16H2,1-2H3,(H,27,29). The van der Waals surface area contributed by atoms with Crippen LogP contribution in [-0.4, -0.2) is 71.0 Å². The van der Waals surface area contributed by atoms with Gasteiger partial charge in [-0.25, -0.2) is 0 Å². The zero-order valence-electron chi connectivity index (χ0n) is 19.2. The van der Waals surface area contributed by atoms with Gasteiger partial charge in [-0.15, -0.1) is 0 Å². The second kappa shape index (κ2) is 11.2. The van der Waals surface area contributed by atoms with Gasteiger partial charge in [0.25, 0.3) is 5.91 Å². The third-order valence-corrected chi connectivity index (χ3v) is 5.81. The Morgan fingerprint density at radius 3 is 2.55 bits per heavy atom. The van der Waals surface area contributed by atoms with Gasteiger partial charge in [-0.2, -0.15) is 0 Å². The lowest BCUT2D eigenvalue weighted by Crippen LogP contribution is -2.40. The SMILES string of the molecule is COc1ccc(NC(=O)c2cc3c(CCNCCN4CCOCC4)ccc(OC)c3o2)cc1. The van der Waals surface area contributed by atoms with E-state index < -0.39 is 0 Å². The molecule has 8 nitrogen and oxygen atoms in total. The molecule has 1 amide bonds.